The SMILES string of the molecule is CCC(C)P(c1cc2ccccc2[cH-]1)C(C)CC.CCC(C)P(c1cc2ccccc2[cH-]1)C(C)CC.[F-].[F-].[Ti+4]. The maximum Gasteiger partial charge on any atom is 4.00 e. The molecule has 0 aliphatic carbocycles. The third kappa shape index (κ3) is 9.57. The summed E-state index contributed by atoms with van der Waals surface area (Å²) >= 11 is 0. The Kier molecular flexibility index (Phi) is 18.1. The quantitative estimate of drug-likeness (QED) is 0.142. The van der Waals surface area contributed by atoms with E-state index in [2.05, 4.69) is 128 Å². The van der Waals surface area contributed by atoms with Gasteiger partial charge >= 0.3 is 21.7 Å². The Morgan fingerprint density at radius 1 is 0.538 bits per heavy atom. The topological polar surface area (TPSA) is 0 Å². The maximum atomic E-state index is 2.43. The van der Waals surface area contributed by atoms with Crippen molar-refractivity contribution in [3.63, 3.8) is 0 Å². The van der Waals surface area contributed by atoms with Crippen LogP contribution in [0.5, 0.6) is 0 Å². The summed E-state index contributed by atoms with van der Waals surface area (Å²) in [5.41, 5.74) is 3.30. The molecular formula is C34H48F2P2Ti. The van der Waals surface area contributed by atoms with Gasteiger partial charge < -0.3 is 9.41 Å². The summed E-state index contributed by atoms with van der Waals surface area (Å²) in [6.45, 7) is 19.0. The molecule has 4 unspecified atom stereocenters. The Labute approximate surface area is 254 Å². The minimum absolute atomic E-state index is 0. The fourth-order valence-electron chi connectivity index (χ4n) is 5.24. The van der Waals surface area contributed by atoms with Crippen molar-refractivity contribution in [3.8, 4) is 0 Å². The summed E-state index contributed by atoms with van der Waals surface area (Å²) in [5, 5.41) is 8.85. The first-order valence-corrected chi connectivity index (χ1v) is 17.2. The zero-order chi connectivity index (χ0) is 26.2. The molecule has 0 aliphatic heterocycles. The molecule has 212 valence electrons. The molecule has 0 N–H and O–H groups in total. The maximum absolute atomic E-state index is 2.43. The monoisotopic (exact) mass is 604 g/mol. The molecule has 0 nitrogen and oxygen atoms in total. The van der Waals surface area contributed by atoms with Crippen LogP contribution in [0.1, 0.15) is 81.1 Å². The van der Waals surface area contributed by atoms with E-state index in [-0.39, 0.29) is 47.0 Å². The van der Waals surface area contributed by atoms with Crippen molar-refractivity contribution in [1.29, 1.82) is 0 Å². The molecule has 5 heteroatoms. The van der Waals surface area contributed by atoms with Crippen LogP contribution >= 0.6 is 15.8 Å². The van der Waals surface area contributed by atoms with Gasteiger partial charge in [-0.1, -0.05) is 83.4 Å². The predicted molar refractivity (Wildman–Crippen MR) is 171 cm³/mol. The second-order valence-electron chi connectivity index (χ2n) is 10.5. The van der Waals surface area contributed by atoms with Gasteiger partial charge in [0.25, 0.3) is 0 Å². The first-order valence-electron chi connectivity index (χ1n) is 14.2. The first-order chi connectivity index (χ1) is 17.3. The molecule has 0 aliphatic rings. The number of benzene rings is 2. The summed E-state index contributed by atoms with van der Waals surface area (Å²) in [6.07, 6.45) is 5.16. The normalized spacial score (nSPS) is 15.4. The van der Waals surface area contributed by atoms with Crippen LogP contribution < -0.4 is 20.0 Å². The van der Waals surface area contributed by atoms with Crippen molar-refractivity contribution in [2.24, 2.45) is 0 Å². The summed E-state index contributed by atoms with van der Waals surface area (Å²) in [7, 11) is -0.0504. The van der Waals surface area contributed by atoms with E-state index in [1.165, 1.54) is 47.2 Å². The van der Waals surface area contributed by atoms with Gasteiger partial charge in [-0.25, -0.2) is 0 Å². The van der Waals surface area contributed by atoms with E-state index in [0.29, 0.717) is 0 Å². The standard InChI is InChI=1S/2C17H24P.2FH.Ti/c2*1-5-13(3)18(14(4)6-2)17-11-15-9-7-8-10-16(15)12-17;;;/h2*7-14H,5-6H2,1-4H3;2*1H;/q2*-1;;;+4/p-2. The van der Waals surface area contributed by atoms with Crippen molar-refractivity contribution in [1.82, 2.24) is 0 Å². The average Bonchev–Trinajstić information content (AvgIpc) is 3.52. The Morgan fingerprint density at radius 2 is 0.821 bits per heavy atom. The Bertz CT molecular complexity index is 1020. The predicted octanol–water partition coefficient (Wildman–Crippen LogP) is 4.53. The number of hydrogen-bond acceptors (Lipinski definition) is 0. The summed E-state index contributed by atoms with van der Waals surface area (Å²) in [6, 6.07) is 27.2. The van der Waals surface area contributed by atoms with Crippen molar-refractivity contribution in [2.45, 2.75) is 104 Å². The average molecular weight is 605 g/mol. The van der Waals surface area contributed by atoms with Crippen LogP contribution in [-0.4, -0.2) is 22.6 Å². The van der Waals surface area contributed by atoms with Gasteiger partial charge in [0.05, 0.1) is 0 Å². The molecule has 0 saturated carbocycles. The molecular weight excluding hydrogens is 556 g/mol. The van der Waals surface area contributed by atoms with Gasteiger partial charge in [0.15, 0.2) is 0 Å². The van der Waals surface area contributed by atoms with Crippen LogP contribution in [0, 0.1) is 0 Å². The minimum atomic E-state index is -0.0252. The smallest absolute Gasteiger partial charge is 1.00 e. The van der Waals surface area contributed by atoms with E-state index in [1.54, 1.807) is 10.6 Å². The molecule has 0 aromatic heterocycles. The van der Waals surface area contributed by atoms with Crippen molar-refractivity contribution < 1.29 is 31.1 Å². The second kappa shape index (κ2) is 18.5. The van der Waals surface area contributed by atoms with E-state index >= 15 is 0 Å². The Hall–Kier alpha value is -0.906. The van der Waals surface area contributed by atoms with Crippen LogP contribution in [0.2, 0.25) is 0 Å². The number of fused-ring (bicyclic) bond motifs is 2. The largest absolute Gasteiger partial charge is 4.00 e. The summed E-state index contributed by atoms with van der Waals surface area (Å²) in [5.74, 6) is 0. The van der Waals surface area contributed by atoms with E-state index in [4.69, 9.17) is 0 Å². The molecule has 0 radical (unpaired) electrons. The van der Waals surface area contributed by atoms with Gasteiger partial charge in [0, 0.05) is 0 Å². The van der Waals surface area contributed by atoms with Crippen molar-refractivity contribution >= 4 is 48.0 Å². The Balaban J connectivity index is 0.000000688. The molecule has 4 aromatic carbocycles. The number of rotatable bonds is 10. The molecule has 4 rings (SSSR count). The zero-order valence-corrected chi connectivity index (χ0v) is 28.6. The van der Waals surface area contributed by atoms with Crippen LogP contribution in [-0.2, 0) is 21.7 Å². The van der Waals surface area contributed by atoms with Crippen molar-refractivity contribution in [2.75, 3.05) is 0 Å². The van der Waals surface area contributed by atoms with Crippen LogP contribution in [0.25, 0.3) is 21.5 Å². The summed E-state index contributed by atoms with van der Waals surface area (Å²) in [4.78, 5) is 0. The van der Waals surface area contributed by atoms with E-state index in [9.17, 15) is 0 Å². The van der Waals surface area contributed by atoms with Gasteiger partial charge in [0.1, 0.15) is 0 Å². The first kappa shape index (κ1) is 38.1. The molecule has 39 heavy (non-hydrogen) atoms. The van der Waals surface area contributed by atoms with Gasteiger partial charge in [0.2, 0.25) is 0 Å². The summed E-state index contributed by atoms with van der Waals surface area (Å²) < 4.78 is 0. The molecule has 4 atom stereocenters. The van der Waals surface area contributed by atoms with Crippen LogP contribution in [0.3, 0.4) is 0 Å². The van der Waals surface area contributed by atoms with Gasteiger partial charge in [-0.05, 0) is 48.3 Å². The minimum Gasteiger partial charge on any atom is -1.00 e. The molecule has 0 fully saturated rings. The molecule has 0 heterocycles. The Morgan fingerprint density at radius 3 is 1.08 bits per heavy atom. The zero-order valence-electron chi connectivity index (χ0n) is 25.2. The van der Waals surface area contributed by atoms with Gasteiger partial charge in [-0.2, -0.15) is 12.1 Å². The fraction of sp³-hybridized carbons (Fsp3) is 0.471. The third-order valence-electron chi connectivity index (χ3n) is 8.06. The fourth-order valence-corrected chi connectivity index (χ4v) is 11.7. The third-order valence-corrected chi connectivity index (χ3v) is 15.0. The van der Waals surface area contributed by atoms with Gasteiger partial charge in [-0.15, -0.1) is 80.7 Å². The van der Waals surface area contributed by atoms with Crippen LogP contribution in [0.15, 0.2) is 72.8 Å². The van der Waals surface area contributed by atoms with Crippen LogP contribution in [0.4, 0.5) is 0 Å². The molecule has 4 aromatic rings. The van der Waals surface area contributed by atoms with Crippen molar-refractivity contribution in [3.05, 3.63) is 72.8 Å². The molecule has 0 spiro atoms. The second-order valence-corrected chi connectivity index (χ2v) is 16.7. The molecule has 0 amide bonds. The van der Waals surface area contributed by atoms with E-state index < -0.39 is 0 Å². The number of halogens is 2. The van der Waals surface area contributed by atoms with Gasteiger partial charge in [-0.3, -0.25) is 0 Å². The number of hydrogen-bond donors (Lipinski definition) is 0. The van der Waals surface area contributed by atoms with E-state index in [1.807, 2.05) is 0 Å². The molecule has 0 bridgehead atoms. The van der Waals surface area contributed by atoms with E-state index in [0.717, 1.165) is 22.6 Å². The molecule has 0 saturated heterocycles.